The molecule has 0 aliphatic heterocycles. The Hall–Kier alpha value is -0.990. The summed E-state index contributed by atoms with van der Waals surface area (Å²) in [5, 5.41) is 3.88. The van der Waals surface area contributed by atoms with Gasteiger partial charge in [-0.1, -0.05) is 50.6 Å². The lowest BCUT2D eigenvalue weighted by atomic mass is 9.93. The van der Waals surface area contributed by atoms with Crippen LogP contribution in [0.15, 0.2) is 4.52 Å². The standard InChI is InChI=1S/C13H22N2O/c1-2-11-12(16-15-13(11)14)9-10-7-5-3-4-6-8-10/h10H,2-9H2,1H3,(H2,14,15). The highest BCUT2D eigenvalue weighted by molar-refractivity contribution is 5.40. The van der Waals surface area contributed by atoms with Gasteiger partial charge in [-0.15, -0.1) is 0 Å². The summed E-state index contributed by atoms with van der Waals surface area (Å²) in [6.45, 7) is 2.11. The summed E-state index contributed by atoms with van der Waals surface area (Å²) < 4.78 is 5.35. The highest BCUT2D eigenvalue weighted by Gasteiger charge is 2.18. The Balaban J connectivity index is 2.01. The normalized spacial score (nSPS) is 18.6. The number of aromatic nitrogens is 1. The zero-order valence-corrected chi connectivity index (χ0v) is 10.2. The van der Waals surface area contributed by atoms with Crippen LogP contribution in [0.3, 0.4) is 0 Å². The zero-order chi connectivity index (χ0) is 11.4. The van der Waals surface area contributed by atoms with Crippen molar-refractivity contribution in [2.45, 2.75) is 58.3 Å². The third-order valence-corrected chi connectivity index (χ3v) is 3.70. The molecule has 3 heteroatoms. The number of hydrogen-bond acceptors (Lipinski definition) is 3. The average Bonchev–Trinajstić information content (AvgIpc) is 2.51. The van der Waals surface area contributed by atoms with Crippen molar-refractivity contribution >= 4 is 5.82 Å². The topological polar surface area (TPSA) is 52.0 Å². The first-order valence-electron chi connectivity index (χ1n) is 6.54. The van der Waals surface area contributed by atoms with E-state index in [-0.39, 0.29) is 0 Å². The Morgan fingerprint density at radius 1 is 1.25 bits per heavy atom. The molecule has 2 N–H and O–H groups in total. The molecule has 1 aliphatic carbocycles. The molecule has 1 aromatic heterocycles. The Bertz CT molecular complexity index is 325. The monoisotopic (exact) mass is 222 g/mol. The second kappa shape index (κ2) is 5.37. The molecule has 0 aromatic carbocycles. The van der Waals surface area contributed by atoms with Crippen molar-refractivity contribution in [2.24, 2.45) is 5.92 Å². The van der Waals surface area contributed by atoms with E-state index in [2.05, 4.69) is 12.1 Å². The van der Waals surface area contributed by atoms with Gasteiger partial charge in [0.1, 0.15) is 5.76 Å². The second-order valence-electron chi connectivity index (χ2n) is 4.88. The van der Waals surface area contributed by atoms with E-state index in [1.165, 1.54) is 38.5 Å². The first kappa shape index (κ1) is 11.5. The molecule has 1 heterocycles. The van der Waals surface area contributed by atoms with Crippen LogP contribution in [0.1, 0.15) is 56.8 Å². The molecule has 90 valence electrons. The maximum atomic E-state index is 5.78. The SMILES string of the molecule is CCc1c(N)noc1CC1CCCCCC1. The van der Waals surface area contributed by atoms with Gasteiger partial charge in [0.15, 0.2) is 5.82 Å². The molecule has 0 bridgehead atoms. The van der Waals surface area contributed by atoms with Gasteiger partial charge < -0.3 is 10.3 Å². The van der Waals surface area contributed by atoms with Crippen molar-refractivity contribution in [1.82, 2.24) is 5.16 Å². The van der Waals surface area contributed by atoms with Crippen molar-refractivity contribution in [2.75, 3.05) is 5.73 Å². The van der Waals surface area contributed by atoms with Crippen molar-refractivity contribution < 1.29 is 4.52 Å². The summed E-state index contributed by atoms with van der Waals surface area (Å²) in [5.41, 5.74) is 6.91. The number of hydrogen-bond donors (Lipinski definition) is 1. The van der Waals surface area contributed by atoms with Crippen LogP contribution in [-0.2, 0) is 12.8 Å². The second-order valence-corrected chi connectivity index (χ2v) is 4.88. The summed E-state index contributed by atoms with van der Waals surface area (Å²) in [6, 6.07) is 0. The van der Waals surface area contributed by atoms with Gasteiger partial charge in [-0.2, -0.15) is 0 Å². The van der Waals surface area contributed by atoms with Gasteiger partial charge in [0.2, 0.25) is 0 Å². The smallest absolute Gasteiger partial charge is 0.170 e. The van der Waals surface area contributed by atoms with E-state index >= 15 is 0 Å². The van der Waals surface area contributed by atoms with Gasteiger partial charge in [0.25, 0.3) is 0 Å². The van der Waals surface area contributed by atoms with Crippen LogP contribution < -0.4 is 5.73 Å². The predicted molar refractivity (Wildman–Crippen MR) is 65.2 cm³/mol. The third-order valence-electron chi connectivity index (χ3n) is 3.70. The minimum Gasteiger partial charge on any atom is -0.381 e. The van der Waals surface area contributed by atoms with Crippen molar-refractivity contribution in [3.8, 4) is 0 Å². The first-order valence-corrected chi connectivity index (χ1v) is 6.54. The van der Waals surface area contributed by atoms with Gasteiger partial charge in [-0.3, -0.25) is 0 Å². The molecule has 1 fully saturated rings. The summed E-state index contributed by atoms with van der Waals surface area (Å²) in [4.78, 5) is 0. The lowest BCUT2D eigenvalue weighted by Gasteiger charge is -2.12. The van der Waals surface area contributed by atoms with Crippen molar-refractivity contribution in [3.63, 3.8) is 0 Å². The quantitative estimate of drug-likeness (QED) is 0.798. The molecule has 16 heavy (non-hydrogen) atoms. The third kappa shape index (κ3) is 2.57. The van der Waals surface area contributed by atoms with Crippen LogP contribution in [0, 0.1) is 5.92 Å². The van der Waals surface area contributed by atoms with E-state index in [1.54, 1.807) is 0 Å². The highest BCUT2D eigenvalue weighted by Crippen LogP contribution is 2.28. The zero-order valence-electron chi connectivity index (χ0n) is 10.2. The van der Waals surface area contributed by atoms with Gasteiger partial charge in [-0.05, 0) is 12.3 Å². The molecule has 1 aliphatic rings. The lowest BCUT2D eigenvalue weighted by molar-refractivity contribution is 0.344. The average molecular weight is 222 g/mol. The molecular formula is C13H22N2O. The summed E-state index contributed by atoms with van der Waals surface area (Å²) >= 11 is 0. The highest BCUT2D eigenvalue weighted by atomic mass is 16.5. The lowest BCUT2D eigenvalue weighted by Crippen LogP contribution is -2.04. The Morgan fingerprint density at radius 2 is 1.94 bits per heavy atom. The number of nitrogens with two attached hydrogens (primary N) is 1. The first-order chi connectivity index (χ1) is 7.81. The molecule has 1 aromatic rings. The van der Waals surface area contributed by atoms with E-state index in [0.717, 1.165) is 30.1 Å². The van der Waals surface area contributed by atoms with E-state index in [4.69, 9.17) is 10.3 Å². The van der Waals surface area contributed by atoms with Gasteiger partial charge >= 0.3 is 0 Å². The molecule has 0 spiro atoms. The summed E-state index contributed by atoms with van der Waals surface area (Å²) in [5.74, 6) is 2.40. The van der Waals surface area contributed by atoms with Crippen LogP contribution in [0.5, 0.6) is 0 Å². The number of rotatable bonds is 3. The minimum atomic E-state index is 0.589. The van der Waals surface area contributed by atoms with E-state index in [0.29, 0.717) is 5.82 Å². The van der Waals surface area contributed by atoms with Gasteiger partial charge in [-0.25, -0.2) is 0 Å². The van der Waals surface area contributed by atoms with Gasteiger partial charge in [0.05, 0.1) is 0 Å². The fourth-order valence-electron chi connectivity index (χ4n) is 2.73. The number of nitrogen functional groups attached to an aromatic ring is 1. The molecule has 0 unspecified atom stereocenters. The van der Waals surface area contributed by atoms with Crippen LogP contribution >= 0.6 is 0 Å². The van der Waals surface area contributed by atoms with Crippen LogP contribution in [0.4, 0.5) is 5.82 Å². The maximum Gasteiger partial charge on any atom is 0.170 e. The van der Waals surface area contributed by atoms with Crippen molar-refractivity contribution in [3.05, 3.63) is 11.3 Å². The fourth-order valence-corrected chi connectivity index (χ4v) is 2.73. The summed E-state index contributed by atoms with van der Waals surface area (Å²) in [7, 11) is 0. The van der Waals surface area contributed by atoms with Crippen LogP contribution in [-0.4, -0.2) is 5.16 Å². The largest absolute Gasteiger partial charge is 0.381 e. The molecule has 2 rings (SSSR count). The molecule has 0 atom stereocenters. The van der Waals surface area contributed by atoms with E-state index in [9.17, 15) is 0 Å². The molecule has 0 radical (unpaired) electrons. The Kier molecular flexibility index (Phi) is 3.86. The molecule has 0 amide bonds. The Morgan fingerprint density at radius 3 is 2.56 bits per heavy atom. The minimum absolute atomic E-state index is 0.589. The van der Waals surface area contributed by atoms with Crippen molar-refractivity contribution in [1.29, 1.82) is 0 Å². The molecule has 1 saturated carbocycles. The fraction of sp³-hybridized carbons (Fsp3) is 0.769. The molecule has 0 saturated heterocycles. The molecular weight excluding hydrogens is 200 g/mol. The molecule has 3 nitrogen and oxygen atoms in total. The van der Waals surface area contributed by atoms with E-state index < -0.39 is 0 Å². The number of anilines is 1. The van der Waals surface area contributed by atoms with E-state index in [1.807, 2.05) is 0 Å². The maximum absolute atomic E-state index is 5.78. The summed E-state index contributed by atoms with van der Waals surface area (Å²) in [6.07, 6.45) is 10.2. The van der Waals surface area contributed by atoms with Crippen LogP contribution in [0.2, 0.25) is 0 Å². The van der Waals surface area contributed by atoms with Crippen LogP contribution in [0.25, 0.3) is 0 Å². The number of nitrogens with zero attached hydrogens (tertiary/aromatic N) is 1. The predicted octanol–water partition coefficient (Wildman–Crippen LogP) is 3.33. The Labute approximate surface area is 97.4 Å². The van der Waals surface area contributed by atoms with Gasteiger partial charge in [0, 0.05) is 12.0 Å².